The van der Waals surface area contributed by atoms with Crippen molar-refractivity contribution in [2.24, 2.45) is 5.73 Å². The molecule has 0 spiro atoms. The van der Waals surface area contributed by atoms with Crippen molar-refractivity contribution in [3.8, 4) is 0 Å². The van der Waals surface area contributed by atoms with Gasteiger partial charge in [0.25, 0.3) is 21.8 Å². The van der Waals surface area contributed by atoms with Crippen LogP contribution in [0.5, 0.6) is 0 Å². The Kier molecular flexibility index (Phi) is 5.46. The molecule has 0 bridgehead atoms. The SMILES string of the molecule is CC(C)N1C(=O)c2ccc(C(=O)N3CCCC(N)C3)cc2S1(=O)=O.Cl. The minimum Gasteiger partial charge on any atom is -0.337 e. The third-order valence-electron chi connectivity index (χ3n) is 4.41. The predicted octanol–water partition coefficient (Wildman–Crippen LogP) is 1.22. The van der Waals surface area contributed by atoms with E-state index in [-0.39, 0.29) is 40.4 Å². The number of halogens is 1. The van der Waals surface area contributed by atoms with Gasteiger partial charge in [0.2, 0.25) is 0 Å². The van der Waals surface area contributed by atoms with E-state index in [1.165, 1.54) is 18.2 Å². The molecule has 0 aromatic heterocycles. The first-order valence-corrected chi connectivity index (χ1v) is 9.45. The molecule has 1 aromatic carbocycles. The lowest BCUT2D eigenvalue weighted by Crippen LogP contribution is -2.45. The van der Waals surface area contributed by atoms with Gasteiger partial charge in [0.05, 0.1) is 5.56 Å². The van der Waals surface area contributed by atoms with E-state index in [2.05, 4.69) is 0 Å². The van der Waals surface area contributed by atoms with E-state index >= 15 is 0 Å². The van der Waals surface area contributed by atoms with Gasteiger partial charge in [-0.05, 0) is 44.9 Å². The van der Waals surface area contributed by atoms with Crippen molar-refractivity contribution in [3.05, 3.63) is 29.3 Å². The van der Waals surface area contributed by atoms with E-state index in [4.69, 9.17) is 5.73 Å². The molecule has 0 aliphatic carbocycles. The Morgan fingerprint density at radius 1 is 1.32 bits per heavy atom. The highest BCUT2D eigenvalue weighted by Crippen LogP contribution is 2.33. The lowest BCUT2D eigenvalue weighted by atomic mass is 10.0. The first kappa shape index (κ1) is 19.7. The fraction of sp³-hybridized carbons (Fsp3) is 0.500. The van der Waals surface area contributed by atoms with Gasteiger partial charge in [-0.25, -0.2) is 12.7 Å². The number of amides is 2. The minimum atomic E-state index is -3.90. The minimum absolute atomic E-state index is 0. The van der Waals surface area contributed by atoms with Crippen molar-refractivity contribution in [2.75, 3.05) is 13.1 Å². The van der Waals surface area contributed by atoms with E-state index < -0.39 is 22.0 Å². The van der Waals surface area contributed by atoms with Gasteiger partial charge < -0.3 is 10.6 Å². The molecule has 25 heavy (non-hydrogen) atoms. The van der Waals surface area contributed by atoms with Gasteiger partial charge in [0.1, 0.15) is 4.90 Å². The summed E-state index contributed by atoms with van der Waals surface area (Å²) < 4.78 is 26.1. The summed E-state index contributed by atoms with van der Waals surface area (Å²) in [7, 11) is -3.90. The third-order valence-corrected chi connectivity index (χ3v) is 6.41. The molecule has 2 amide bonds. The fourth-order valence-corrected chi connectivity index (χ4v) is 5.06. The van der Waals surface area contributed by atoms with E-state index in [9.17, 15) is 18.0 Å². The van der Waals surface area contributed by atoms with Crippen LogP contribution in [0.4, 0.5) is 0 Å². The molecule has 0 saturated carbocycles. The van der Waals surface area contributed by atoms with Crippen LogP contribution in [-0.2, 0) is 10.0 Å². The Morgan fingerprint density at radius 2 is 2.00 bits per heavy atom. The Hall–Kier alpha value is -1.64. The second-order valence-corrected chi connectivity index (χ2v) is 8.35. The normalized spacial score (nSPS) is 21.9. The van der Waals surface area contributed by atoms with Gasteiger partial charge >= 0.3 is 0 Å². The van der Waals surface area contributed by atoms with Crippen LogP contribution in [0.2, 0.25) is 0 Å². The fourth-order valence-electron chi connectivity index (χ4n) is 3.27. The van der Waals surface area contributed by atoms with Crippen molar-refractivity contribution >= 4 is 34.2 Å². The van der Waals surface area contributed by atoms with Gasteiger partial charge in [0.15, 0.2) is 0 Å². The number of nitrogens with two attached hydrogens (primary N) is 1. The van der Waals surface area contributed by atoms with Crippen molar-refractivity contribution in [1.82, 2.24) is 9.21 Å². The van der Waals surface area contributed by atoms with Gasteiger partial charge in [-0.1, -0.05) is 0 Å². The molecule has 1 unspecified atom stereocenters. The second kappa shape index (κ2) is 6.93. The maximum Gasteiger partial charge on any atom is 0.269 e. The standard InChI is InChI=1S/C16H21N3O4S.ClH/c1-10(2)19-16(21)13-6-5-11(8-14(13)24(19,22)23)15(20)18-7-3-4-12(17)9-18;/h5-6,8,10,12H,3-4,7,9,17H2,1-2H3;1H. The average molecular weight is 388 g/mol. The zero-order valence-corrected chi connectivity index (χ0v) is 15.8. The summed E-state index contributed by atoms with van der Waals surface area (Å²) >= 11 is 0. The van der Waals surface area contributed by atoms with Crippen LogP contribution in [0.1, 0.15) is 47.4 Å². The van der Waals surface area contributed by atoms with Gasteiger partial charge in [-0.15, -0.1) is 12.4 Å². The van der Waals surface area contributed by atoms with E-state index in [0.717, 1.165) is 17.1 Å². The molecule has 9 heteroatoms. The summed E-state index contributed by atoms with van der Waals surface area (Å²) in [5.74, 6) is -0.794. The van der Waals surface area contributed by atoms with Crippen molar-refractivity contribution in [2.45, 2.75) is 43.7 Å². The number of piperidine rings is 1. The van der Waals surface area contributed by atoms with Gasteiger partial charge in [-0.2, -0.15) is 0 Å². The number of fused-ring (bicyclic) bond motifs is 1. The largest absolute Gasteiger partial charge is 0.337 e. The number of carbonyl (C=O) groups excluding carboxylic acids is 2. The lowest BCUT2D eigenvalue weighted by molar-refractivity contribution is 0.0707. The zero-order chi connectivity index (χ0) is 17.6. The molecular formula is C16H22ClN3O4S. The predicted molar refractivity (Wildman–Crippen MR) is 95.3 cm³/mol. The van der Waals surface area contributed by atoms with Crippen LogP contribution in [0, 0.1) is 0 Å². The van der Waals surface area contributed by atoms with Crippen LogP contribution < -0.4 is 5.73 Å². The number of likely N-dealkylation sites (tertiary alicyclic amines) is 1. The first-order valence-electron chi connectivity index (χ1n) is 8.01. The van der Waals surface area contributed by atoms with Crippen LogP contribution >= 0.6 is 12.4 Å². The number of rotatable bonds is 2. The number of sulfonamides is 1. The molecule has 2 N–H and O–H groups in total. The van der Waals surface area contributed by atoms with Crippen LogP contribution in [-0.4, -0.2) is 54.6 Å². The molecule has 0 radical (unpaired) electrons. The smallest absolute Gasteiger partial charge is 0.269 e. The van der Waals surface area contributed by atoms with E-state index in [1.54, 1.807) is 18.7 Å². The summed E-state index contributed by atoms with van der Waals surface area (Å²) in [4.78, 5) is 26.5. The molecule has 2 heterocycles. The second-order valence-electron chi connectivity index (χ2n) is 6.56. The Labute approximate surface area is 153 Å². The van der Waals surface area contributed by atoms with Gasteiger partial charge in [-0.3, -0.25) is 9.59 Å². The van der Waals surface area contributed by atoms with Crippen LogP contribution in [0.15, 0.2) is 23.1 Å². The Morgan fingerprint density at radius 3 is 2.60 bits per heavy atom. The quantitative estimate of drug-likeness (QED) is 0.822. The monoisotopic (exact) mass is 387 g/mol. The summed E-state index contributed by atoms with van der Waals surface area (Å²) in [6.07, 6.45) is 1.70. The molecule has 1 fully saturated rings. The third kappa shape index (κ3) is 3.26. The Balaban J connectivity index is 0.00000225. The van der Waals surface area contributed by atoms with Crippen molar-refractivity contribution < 1.29 is 18.0 Å². The zero-order valence-electron chi connectivity index (χ0n) is 14.1. The van der Waals surface area contributed by atoms with Crippen LogP contribution in [0.3, 0.4) is 0 Å². The van der Waals surface area contributed by atoms with E-state index in [0.29, 0.717) is 13.1 Å². The summed E-state index contributed by atoms with van der Waals surface area (Å²) in [5.41, 5.74) is 6.29. The molecule has 1 aromatic rings. The van der Waals surface area contributed by atoms with Crippen molar-refractivity contribution in [3.63, 3.8) is 0 Å². The average Bonchev–Trinajstić information content (AvgIpc) is 2.72. The van der Waals surface area contributed by atoms with Crippen LogP contribution in [0.25, 0.3) is 0 Å². The number of benzene rings is 1. The summed E-state index contributed by atoms with van der Waals surface area (Å²) in [6.45, 7) is 4.35. The topological polar surface area (TPSA) is 101 Å². The number of nitrogens with zero attached hydrogens (tertiary/aromatic N) is 2. The summed E-state index contributed by atoms with van der Waals surface area (Å²) in [6, 6.07) is 3.72. The highest BCUT2D eigenvalue weighted by atomic mass is 35.5. The molecule has 3 rings (SSSR count). The number of hydrogen-bond donors (Lipinski definition) is 1. The number of hydrogen-bond acceptors (Lipinski definition) is 5. The molecular weight excluding hydrogens is 366 g/mol. The highest BCUT2D eigenvalue weighted by Gasteiger charge is 2.43. The summed E-state index contributed by atoms with van der Waals surface area (Å²) in [5, 5.41) is 0. The molecule has 2 aliphatic heterocycles. The molecule has 7 nitrogen and oxygen atoms in total. The van der Waals surface area contributed by atoms with Gasteiger partial charge in [0, 0.05) is 30.7 Å². The first-order chi connectivity index (χ1) is 11.2. The molecule has 2 aliphatic rings. The Bertz CT molecular complexity index is 810. The van der Waals surface area contributed by atoms with Crippen molar-refractivity contribution in [1.29, 1.82) is 0 Å². The lowest BCUT2D eigenvalue weighted by Gasteiger charge is -2.30. The number of carbonyl (C=O) groups is 2. The maximum absolute atomic E-state index is 12.6. The molecule has 1 atom stereocenters. The van der Waals surface area contributed by atoms with E-state index in [1.807, 2.05) is 0 Å². The molecule has 138 valence electrons. The molecule has 1 saturated heterocycles. The maximum atomic E-state index is 12.6. The highest BCUT2D eigenvalue weighted by molar-refractivity contribution is 7.90.